The Morgan fingerprint density at radius 1 is 0.812 bits per heavy atom. The predicted molar refractivity (Wildman–Crippen MR) is 115 cm³/mol. The van der Waals surface area contributed by atoms with Crippen molar-refractivity contribution in [2.75, 3.05) is 32.7 Å². The molecule has 0 atom stereocenters. The molecular formula is C24H24FN3O4. The summed E-state index contributed by atoms with van der Waals surface area (Å²) in [7, 11) is 0. The van der Waals surface area contributed by atoms with E-state index in [1.165, 1.54) is 23.1 Å². The molecular weight excluding hydrogens is 413 g/mol. The SMILES string of the molecule is O=C(CCCN1C(=O)c2ccccc2C1=O)N1CCCN(C(=O)c2ccccc2F)CC1. The smallest absolute Gasteiger partial charge is 0.261 e. The fourth-order valence-electron chi connectivity index (χ4n) is 4.16. The van der Waals surface area contributed by atoms with Gasteiger partial charge >= 0.3 is 0 Å². The van der Waals surface area contributed by atoms with E-state index in [0.717, 1.165) is 0 Å². The van der Waals surface area contributed by atoms with Crippen LogP contribution in [0.3, 0.4) is 0 Å². The third-order valence-corrected chi connectivity index (χ3v) is 5.89. The number of amides is 4. The minimum absolute atomic E-state index is 0.0354. The monoisotopic (exact) mass is 437 g/mol. The Labute approximate surface area is 185 Å². The molecule has 1 fully saturated rings. The van der Waals surface area contributed by atoms with Gasteiger partial charge in [0.1, 0.15) is 5.82 Å². The van der Waals surface area contributed by atoms with Crippen molar-refractivity contribution in [2.24, 2.45) is 0 Å². The van der Waals surface area contributed by atoms with Crippen molar-refractivity contribution >= 4 is 23.6 Å². The van der Waals surface area contributed by atoms with Crippen molar-refractivity contribution in [3.05, 3.63) is 71.0 Å². The fourth-order valence-corrected chi connectivity index (χ4v) is 4.16. The second-order valence-electron chi connectivity index (χ2n) is 7.92. The van der Waals surface area contributed by atoms with Gasteiger partial charge in [0.2, 0.25) is 5.91 Å². The van der Waals surface area contributed by atoms with Crippen molar-refractivity contribution in [1.29, 1.82) is 0 Å². The standard InChI is InChI=1S/C24H24FN3O4/c25-20-10-4-3-9-19(20)22(30)27-13-6-12-26(15-16-27)21(29)11-5-14-28-23(31)17-7-1-2-8-18(17)24(28)32/h1-4,7-10H,5-6,11-16H2. The first-order valence-corrected chi connectivity index (χ1v) is 10.7. The molecule has 8 heteroatoms. The van der Waals surface area contributed by atoms with E-state index in [4.69, 9.17) is 0 Å². The molecule has 7 nitrogen and oxygen atoms in total. The van der Waals surface area contributed by atoms with Gasteiger partial charge in [0.25, 0.3) is 17.7 Å². The quantitative estimate of drug-likeness (QED) is 0.674. The Hall–Kier alpha value is -3.55. The highest BCUT2D eigenvalue weighted by Gasteiger charge is 2.34. The lowest BCUT2D eigenvalue weighted by Gasteiger charge is -2.23. The van der Waals surface area contributed by atoms with Gasteiger partial charge in [-0.15, -0.1) is 0 Å². The molecule has 0 aromatic heterocycles. The summed E-state index contributed by atoms with van der Waals surface area (Å²) in [5.74, 6) is -1.65. The summed E-state index contributed by atoms with van der Waals surface area (Å²) < 4.78 is 13.9. The highest BCUT2D eigenvalue weighted by atomic mass is 19.1. The van der Waals surface area contributed by atoms with Crippen LogP contribution < -0.4 is 0 Å². The molecule has 0 unspecified atom stereocenters. The summed E-state index contributed by atoms with van der Waals surface area (Å²) in [6.07, 6.45) is 1.18. The Kier molecular flexibility index (Phi) is 6.30. The number of fused-ring (bicyclic) bond motifs is 1. The minimum Gasteiger partial charge on any atom is -0.341 e. The van der Waals surface area contributed by atoms with Gasteiger partial charge in [-0.25, -0.2) is 4.39 Å². The number of hydrogen-bond donors (Lipinski definition) is 0. The molecule has 2 aromatic rings. The third-order valence-electron chi connectivity index (χ3n) is 5.89. The highest BCUT2D eigenvalue weighted by Crippen LogP contribution is 2.23. The zero-order valence-corrected chi connectivity index (χ0v) is 17.6. The molecule has 0 spiro atoms. The number of carbonyl (C=O) groups excluding carboxylic acids is 4. The average Bonchev–Trinajstić information content (AvgIpc) is 2.96. The average molecular weight is 437 g/mol. The van der Waals surface area contributed by atoms with Crippen LogP contribution in [0.15, 0.2) is 48.5 Å². The van der Waals surface area contributed by atoms with E-state index >= 15 is 0 Å². The molecule has 1 saturated heterocycles. The van der Waals surface area contributed by atoms with E-state index in [2.05, 4.69) is 0 Å². The van der Waals surface area contributed by atoms with E-state index in [9.17, 15) is 23.6 Å². The molecule has 4 amide bonds. The van der Waals surface area contributed by atoms with Crippen molar-refractivity contribution in [3.8, 4) is 0 Å². The second-order valence-corrected chi connectivity index (χ2v) is 7.92. The van der Waals surface area contributed by atoms with Gasteiger partial charge in [-0.2, -0.15) is 0 Å². The van der Waals surface area contributed by atoms with Crippen molar-refractivity contribution in [2.45, 2.75) is 19.3 Å². The first-order valence-electron chi connectivity index (χ1n) is 10.7. The highest BCUT2D eigenvalue weighted by molar-refractivity contribution is 6.21. The number of benzene rings is 2. The van der Waals surface area contributed by atoms with Crippen LogP contribution >= 0.6 is 0 Å². The van der Waals surface area contributed by atoms with E-state index in [1.54, 1.807) is 40.1 Å². The molecule has 2 aromatic carbocycles. The maximum absolute atomic E-state index is 13.9. The number of rotatable bonds is 5. The molecule has 0 N–H and O–H groups in total. The first-order chi connectivity index (χ1) is 15.5. The Morgan fingerprint density at radius 3 is 2.09 bits per heavy atom. The molecule has 2 aliphatic heterocycles. The zero-order valence-electron chi connectivity index (χ0n) is 17.6. The molecule has 0 bridgehead atoms. The van der Waals surface area contributed by atoms with E-state index in [1.807, 2.05) is 0 Å². The molecule has 0 aliphatic carbocycles. The molecule has 166 valence electrons. The first kappa shape index (κ1) is 21.7. The van der Waals surface area contributed by atoms with Crippen molar-refractivity contribution in [1.82, 2.24) is 14.7 Å². The molecule has 2 heterocycles. The normalized spacial score (nSPS) is 16.2. The van der Waals surface area contributed by atoms with Crippen LogP contribution in [0.1, 0.15) is 50.3 Å². The second kappa shape index (κ2) is 9.30. The van der Waals surface area contributed by atoms with E-state index in [-0.39, 0.29) is 42.2 Å². The van der Waals surface area contributed by atoms with Crippen LogP contribution in [0.2, 0.25) is 0 Å². The van der Waals surface area contributed by atoms with Crippen LogP contribution in [-0.4, -0.2) is 71.1 Å². The topological polar surface area (TPSA) is 78.0 Å². The van der Waals surface area contributed by atoms with Crippen LogP contribution in [0.5, 0.6) is 0 Å². The fraction of sp³-hybridized carbons (Fsp3) is 0.333. The van der Waals surface area contributed by atoms with Crippen LogP contribution in [0, 0.1) is 5.82 Å². The minimum atomic E-state index is -0.553. The van der Waals surface area contributed by atoms with Crippen LogP contribution in [0.4, 0.5) is 4.39 Å². The van der Waals surface area contributed by atoms with Gasteiger partial charge in [0, 0.05) is 39.1 Å². The Bertz CT molecular complexity index is 1040. The van der Waals surface area contributed by atoms with Gasteiger partial charge in [0.05, 0.1) is 16.7 Å². The summed E-state index contributed by atoms with van der Waals surface area (Å²) in [5, 5.41) is 0. The van der Waals surface area contributed by atoms with Crippen molar-refractivity contribution in [3.63, 3.8) is 0 Å². The summed E-state index contributed by atoms with van der Waals surface area (Å²) >= 11 is 0. The Morgan fingerprint density at radius 2 is 1.41 bits per heavy atom. The molecule has 0 saturated carbocycles. The summed E-state index contributed by atoms with van der Waals surface area (Å²) in [4.78, 5) is 54.6. The van der Waals surface area contributed by atoms with Crippen LogP contribution in [0.25, 0.3) is 0 Å². The molecule has 4 rings (SSSR count). The lowest BCUT2D eigenvalue weighted by molar-refractivity contribution is -0.131. The predicted octanol–water partition coefficient (Wildman–Crippen LogP) is 2.58. The third kappa shape index (κ3) is 4.26. The van der Waals surface area contributed by atoms with Gasteiger partial charge in [-0.1, -0.05) is 24.3 Å². The number of carbonyl (C=O) groups is 4. The van der Waals surface area contributed by atoms with Crippen molar-refractivity contribution < 1.29 is 23.6 Å². The molecule has 2 aliphatic rings. The lowest BCUT2D eigenvalue weighted by Crippen LogP contribution is -2.38. The van der Waals surface area contributed by atoms with Gasteiger partial charge < -0.3 is 9.80 Å². The maximum atomic E-state index is 13.9. The van der Waals surface area contributed by atoms with E-state index < -0.39 is 5.82 Å². The summed E-state index contributed by atoms with van der Waals surface area (Å²) in [6, 6.07) is 12.6. The van der Waals surface area contributed by atoms with E-state index in [0.29, 0.717) is 50.1 Å². The maximum Gasteiger partial charge on any atom is 0.261 e. The zero-order chi connectivity index (χ0) is 22.7. The van der Waals surface area contributed by atoms with Gasteiger partial charge in [-0.05, 0) is 37.1 Å². The van der Waals surface area contributed by atoms with Gasteiger partial charge in [-0.3, -0.25) is 24.1 Å². The summed E-state index contributed by atoms with van der Waals surface area (Å²) in [5.41, 5.74) is 0.833. The van der Waals surface area contributed by atoms with Gasteiger partial charge in [0.15, 0.2) is 0 Å². The molecule has 32 heavy (non-hydrogen) atoms. The lowest BCUT2D eigenvalue weighted by atomic mass is 10.1. The molecule has 0 radical (unpaired) electrons. The summed E-state index contributed by atoms with van der Waals surface area (Å²) in [6.45, 7) is 1.84. The Balaban J connectivity index is 1.28. The number of nitrogens with zero attached hydrogens (tertiary/aromatic N) is 3. The number of imide groups is 1. The van der Waals surface area contributed by atoms with Crippen LogP contribution in [-0.2, 0) is 4.79 Å². The number of hydrogen-bond acceptors (Lipinski definition) is 4. The largest absolute Gasteiger partial charge is 0.341 e. The number of halogens is 1.